The highest BCUT2D eigenvalue weighted by atomic mass is 16.5. The summed E-state index contributed by atoms with van der Waals surface area (Å²) in [4.78, 5) is 21.2. The monoisotopic (exact) mass is 403 g/mol. The lowest BCUT2D eigenvalue weighted by Crippen LogP contribution is -2.49. The van der Waals surface area contributed by atoms with Gasteiger partial charge in [-0.2, -0.15) is 0 Å². The number of anilines is 1. The number of carbonyl (C=O) groups excluding carboxylic acids is 1. The van der Waals surface area contributed by atoms with Crippen LogP contribution < -0.4 is 15.5 Å². The first-order valence-corrected chi connectivity index (χ1v) is 10.8. The van der Waals surface area contributed by atoms with E-state index in [0.29, 0.717) is 11.9 Å². The maximum Gasteiger partial charge on any atom is 0.244 e. The first-order valence-electron chi connectivity index (χ1n) is 10.8. The van der Waals surface area contributed by atoms with Crippen molar-refractivity contribution in [2.24, 2.45) is 10.9 Å². The molecule has 0 unspecified atom stereocenters. The summed E-state index contributed by atoms with van der Waals surface area (Å²) in [5.74, 6) is 1.32. The first-order chi connectivity index (χ1) is 14.1. The van der Waals surface area contributed by atoms with Crippen LogP contribution in [0.3, 0.4) is 0 Å². The van der Waals surface area contributed by atoms with Crippen molar-refractivity contribution in [3.05, 3.63) is 30.3 Å². The molecule has 0 aromatic heterocycles. The minimum absolute atomic E-state index is 0.0789. The van der Waals surface area contributed by atoms with Crippen molar-refractivity contribution in [1.82, 2.24) is 15.5 Å². The maximum atomic E-state index is 12.6. The molecule has 1 saturated heterocycles. The van der Waals surface area contributed by atoms with Gasteiger partial charge in [-0.25, -0.2) is 4.99 Å². The molecule has 1 aromatic rings. The molecule has 0 saturated carbocycles. The van der Waals surface area contributed by atoms with Crippen molar-refractivity contribution in [2.75, 3.05) is 63.9 Å². The lowest BCUT2D eigenvalue weighted by molar-refractivity contribution is -0.129. The molecule has 1 fully saturated rings. The zero-order valence-corrected chi connectivity index (χ0v) is 18.2. The SMILES string of the molecule is CCNC(=NCC(=O)N1CCN(c2ccccc2)CC1)NCCCOCC(C)C. The molecule has 7 heteroatoms. The molecule has 2 rings (SSSR count). The Labute approximate surface area is 175 Å². The van der Waals surface area contributed by atoms with Gasteiger partial charge in [0, 0.05) is 58.2 Å². The number of amides is 1. The van der Waals surface area contributed by atoms with E-state index in [4.69, 9.17) is 4.74 Å². The number of hydrogen-bond donors (Lipinski definition) is 2. The fourth-order valence-electron chi connectivity index (χ4n) is 3.14. The maximum absolute atomic E-state index is 12.6. The quantitative estimate of drug-likeness (QED) is 0.355. The van der Waals surface area contributed by atoms with Crippen LogP contribution >= 0.6 is 0 Å². The van der Waals surface area contributed by atoms with Crippen LogP contribution in [0.25, 0.3) is 0 Å². The second-order valence-electron chi connectivity index (χ2n) is 7.65. The largest absolute Gasteiger partial charge is 0.381 e. The third kappa shape index (κ3) is 8.73. The van der Waals surface area contributed by atoms with Gasteiger partial charge in [-0.3, -0.25) is 4.79 Å². The molecule has 2 N–H and O–H groups in total. The molecule has 1 heterocycles. The van der Waals surface area contributed by atoms with Gasteiger partial charge in [0.05, 0.1) is 0 Å². The third-order valence-corrected chi connectivity index (χ3v) is 4.68. The van der Waals surface area contributed by atoms with Crippen LogP contribution in [-0.2, 0) is 9.53 Å². The standard InChI is InChI=1S/C22H37N5O2/c1-4-23-22(24-11-8-16-29-18-19(2)3)25-17-21(28)27-14-12-26(13-15-27)20-9-6-5-7-10-20/h5-7,9-10,19H,4,8,11-18H2,1-3H3,(H2,23,24,25). The molecular weight excluding hydrogens is 366 g/mol. The van der Waals surface area contributed by atoms with E-state index < -0.39 is 0 Å². The molecule has 1 aliphatic rings. The fourth-order valence-corrected chi connectivity index (χ4v) is 3.14. The third-order valence-electron chi connectivity index (χ3n) is 4.68. The van der Waals surface area contributed by atoms with Gasteiger partial charge in [-0.05, 0) is 31.4 Å². The molecule has 0 atom stereocenters. The summed E-state index contributed by atoms with van der Waals surface area (Å²) >= 11 is 0. The molecule has 162 valence electrons. The highest BCUT2D eigenvalue weighted by Gasteiger charge is 2.20. The van der Waals surface area contributed by atoms with E-state index in [1.165, 1.54) is 5.69 Å². The topological polar surface area (TPSA) is 69.2 Å². The Bertz CT molecular complexity index is 613. The number of benzene rings is 1. The normalized spacial score (nSPS) is 15.0. The zero-order chi connectivity index (χ0) is 20.9. The summed E-state index contributed by atoms with van der Waals surface area (Å²) in [5, 5.41) is 6.47. The minimum Gasteiger partial charge on any atom is -0.381 e. The van der Waals surface area contributed by atoms with Gasteiger partial charge >= 0.3 is 0 Å². The van der Waals surface area contributed by atoms with Gasteiger partial charge in [0.15, 0.2) is 5.96 Å². The smallest absolute Gasteiger partial charge is 0.244 e. The van der Waals surface area contributed by atoms with Crippen molar-refractivity contribution < 1.29 is 9.53 Å². The fraction of sp³-hybridized carbons (Fsp3) is 0.636. The highest BCUT2D eigenvalue weighted by Crippen LogP contribution is 2.15. The Morgan fingerprint density at radius 1 is 1.14 bits per heavy atom. The number of carbonyl (C=O) groups is 1. The Morgan fingerprint density at radius 2 is 1.86 bits per heavy atom. The number of nitrogens with zero attached hydrogens (tertiary/aromatic N) is 3. The van der Waals surface area contributed by atoms with E-state index in [-0.39, 0.29) is 12.5 Å². The lowest BCUT2D eigenvalue weighted by atomic mass is 10.2. The molecular formula is C22H37N5O2. The van der Waals surface area contributed by atoms with Crippen LogP contribution in [0.1, 0.15) is 27.2 Å². The van der Waals surface area contributed by atoms with Gasteiger partial charge in [0.25, 0.3) is 0 Å². The van der Waals surface area contributed by atoms with Crippen molar-refractivity contribution in [3.63, 3.8) is 0 Å². The molecule has 0 spiro atoms. The molecule has 7 nitrogen and oxygen atoms in total. The molecule has 0 bridgehead atoms. The zero-order valence-electron chi connectivity index (χ0n) is 18.2. The van der Waals surface area contributed by atoms with Gasteiger partial charge in [-0.15, -0.1) is 0 Å². The van der Waals surface area contributed by atoms with Crippen molar-refractivity contribution >= 4 is 17.6 Å². The molecule has 29 heavy (non-hydrogen) atoms. The minimum atomic E-state index is 0.0789. The van der Waals surface area contributed by atoms with Crippen LogP contribution in [0, 0.1) is 5.92 Å². The number of nitrogens with one attached hydrogen (secondary N) is 2. The summed E-state index contributed by atoms with van der Waals surface area (Å²) in [6, 6.07) is 10.4. The average Bonchev–Trinajstić information content (AvgIpc) is 2.74. The predicted octanol–water partition coefficient (Wildman–Crippen LogP) is 1.95. The number of guanidine groups is 1. The van der Waals surface area contributed by atoms with E-state index in [1.807, 2.05) is 30.0 Å². The van der Waals surface area contributed by atoms with E-state index >= 15 is 0 Å². The molecule has 0 aliphatic carbocycles. The molecule has 1 aliphatic heterocycles. The van der Waals surface area contributed by atoms with Crippen LogP contribution in [0.4, 0.5) is 5.69 Å². The molecule has 0 radical (unpaired) electrons. The Morgan fingerprint density at radius 3 is 2.52 bits per heavy atom. The Balaban J connectivity index is 1.70. The second-order valence-corrected chi connectivity index (χ2v) is 7.65. The van der Waals surface area contributed by atoms with Crippen molar-refractivity contribution in [2.45, 2.75) is 27.2 Å². The summed E-state index contributed by atoms with van der Waals surface area (Å²) in [6.45, 7) is 12.7. The number of rotatable bonds is 10. The Kier molecular flexibility index (Phi) is 10.3. The summed E-state index contributed by atoms with van der Waals surface area (Å²) < 4.78 is 5.59. The number of hydrogen-bond acceptors (Lipinski definition) is 4. The summed E-state index contributed by atoms with van der Waals surface area (Å²) in [7, 11) is 0. The molecule has 1 aromatic carbocycles. The van der Waals surface area contributed by atoms with E-state index in [2.05, 4.69) is 46.5 Å². The number of ether oxygens (including phenoxy) is 1. The van der Waals surface area contributed by atoms with Crippen LogP contribution in [-0.4, -0.2) is 75.8 Å². The van der Waals surface area contributed by atoms with Gasteiger partial charge in [0.1, 0.15) is 6.54 Å². The van der Waals surface area contributed by atoms with Crippen molar-refractivity contribution in [3.8, 4) is 0 Å². The number of para-hydroxylation sites is 1. The van der Waals surface area contributed by atoms with Gasteiger partial charge in [0.2, 0.25) is 5.91 Å². The average molecular weight is 404 g/mol. The van der Waals surface area contributed by atoms with E-state index in [9.17, 15) is 4.79 Å². The predicted molar refractivity (Wildman–Crippen MR) is 119 cm³/mol. The van der Waals surface area contributed by atoms with E-state index in [0.717, 1.165) is 58.9 Å². The van der Waals surface area contributed by atoms with Crippen LogP contribution in [0.2, 0.25) is 0 Å². The van der Waals surface area contributed by atoms with Gasteiger partial charge in [-0.1, -0.05) is 32.0 Å². The first kappa shape index (κ1) is 23.0. The van der Waals surface area contributed by atoms with Crippen molar-refractivity contribution in [1.29, 1.82) is 0 Å². The van der Waals surface area contributed by atoms with E-state index in [1.54, 1.807) is 0 Å². The van der Waals surface area contributed by atoms with Crippen LogP contribution in [0.5, 0.6) is 0 Å². The van der Waals surface area contributed by atoms with Crippen LogP contribution in [0.15, 0.2) is 35.3 Å². The number of aliphatic imine (C=N–C) groups is 1. The molecule has 1 amide bonds. The lowest BCUT2D eigenvalue weighted by Gasteiger charge is -2.36. The number of piperazine rings is 1. The van der Waals surface area contributed by atoms with Gasteiger partial charge < -0.3 is 25.2 Å². The summed E-state index contributed by atoms with van der Waals surface area (Å²) in [6.07, 6.45) is 0.909. The Hall–Kier alpha value is -2.28. The highest BCUT2D eigenvalue weighted by molar-refractivity contribution is 5.85. The second kappa shape index (κ2) is 13.0. The summed E-state index contributed by atoms with van der Waals surface area (Å²) in [5.41, 5.74) is 1.22.